The van der Waals surface area contributed by atoms with Crippen LogP contribution in [0.15, 0.2) is 18.2 Å². The predicted octanol–water partition coefficient (Wildman–Crippen LogP) is 3.01. The lowest BCUT2D eigenvalue weighted by atomic mass is 9.95. The Kier molecular flexibility index (Phi) is 4.64. The number of likely N-dealkylation sites (tertiary alicyclic amines) is 1. The van der Waals surface area contributed by atoms with E-state index in [4.69, 9.17) is 11.6 Å². The lowest BCUT2D eigenvalue weighted by molar-refractivity contribution is 0.0668. The van der Waals surface area contributed by atoms with E-state index in [1.54, 1.807) is 4.90 Å². The molecule has 1 unspecified atom stereocenters. The molecule has 0 saturated carbocycles. The number of hydrogen-bond donors (Lipinski definition) is 1. The Morgan fingerprint density at radius 2 is 2.32 bits per heavy atom. The van der Waals surface area contributed by atoms with E-state index in [9.17, 15) is 14.3 Å². The first-order valence-corrected chi connectivity index (χ1v) is 6.99. The number of amides is 1. The van der Waals surface area contributed by atoms with E-state index in [1.165, 1.54) is 6.07 Å². The van der Waals surface area contributed by atoms with Crippen molar-refractivity contribution in [3.05, 3.63) is 29.6 Å². The van der Waals surface area contributed by atoms with Crippen LogP contribution in [0, 0.1) is 11.7 Å². The third kappa shape index (κ3) is 3.38. The molecule has 1 heterocycles. The molecule has 1 atom stereocenters. The largest absolute Gasteiger partial charge is 0.507 e. The van der Waals surface area contributed by atoms with Gasteiger partial charge < -0.3 is 10.0 Å². The summed E-state index contributed by atoms with van der Waals surface area (Å²) >= 11 is 5.73. The molecule has 0 aromatic heterocycles. The second-order valence-electron chi connectivity index (χ2n) is 4.90. The first-order chi connectivity index (χ1) is 9.11. The molecule has 1 aliphatic heterocycles. The molecular weight excluding hydrogens is 269 g/mol. The molecule has 5 heteroatoms. The van der Waals surface area contributed by atoms with Crippen molar-refractivity contribution in [3.8, 4) is 5.75 Å². The summed E-state index contributed by atoms with van der Waals surface area (Å²) in [6.07, 6.45) is 2.86. The van der Waals surface area contributed by atoms with Crippen LogP contribution in [-0.4, -0.2) is 34.9 Å². The average molecular weight is 286 g/mol. The predicted molar refractivity (Wildman–Crippen MR) is 72.0 cm³/mol. The first-order valence-electron chi connectivity index (χ1n) is 6.45. The van der Waals surface area contributed by atoms with E-state index in [2.05, 4.69) is 0 Å². The minimum absolute atomic E-state index is 0.0338. The molecule has 0 spiro atoms. The Balaban J connectivity index is 2.12. The maximum Gasteiger partial charge on any atom is 0.257 e. The number of halogens is 2. The summed E-state index contributed by atoms with van der Waals surface area (Å²) in [4.78, 5) is 14.0. The van der Waals surface area contributed by atoms with Crippen molar-refractivity contribution in [2.24, 2.45) is 5.92 Å². The van der Waals surface area contributed by atoms with Crippen LogP contribution in [0.5, 0.6) is 5.75 Å². The first kappa shape index (κ1) is 14.1. The van der Waals surface area contributed by atoms with Gasteiger partial charge >= 0.3 is 0 Å². The molecule has 1 amide bonds. The monoisotopic (exact) mass is 285 g/mol. The van der Waals surface area contributed by atoms with Gasteiger partial charge in [0.2, 0.25) is 0 Å². The number of aromatic hydroxyl groups is 1. The number of benzene rings is 1. The van der Waals surface area contributed by atoms with E-state index in [-0.39, 0.29) is 17.2 Å². The minimum Gasteiger partial charge on any atom is -0.507 e. The number of carbonyl (C=O) groups is 1. The normalized spacial score (nSPS) is 19.5. The smallest absolute Gasteiger partial charge is 0.257 e. The quantitative estimate of drug-likeness (QED) is 0.867. The summed E-state index contributed by atoms with van der Waals surface area (Å²) in [5, 5.41) is 9.67. The van der Waals surface area contributed by atoms with E-state index in [0.29, 0.717) is 24.9 Å². The standard InChI is InChI=1S/C14H17ClFNO2/c15-6-5-10-2-1-7-17(9-10)14(19)12-8-11(16)3-4-13(12)18/h3-4,8,10,18H,1-2,5-7,9H2. The number of alkyl halides is 1. The average Bonchev–Trinajstić information content (AvgIpc) is 2.41. The lowest BCUT2D eigenvalue weighted by Gasteiger charge is -2.32. The Labute approximate surface area is 117 Å². The van der Waals surface area contributed by atoms with Crippen LogP contribution < -0.4 is 0 Å². The molecule has 1 saturated heterocycles. The van der Waals surface area contributed by atoms with Crippen LogP contribution in [0.4, 0.5) is 4.39 Å². The molecule has 1 N–H and O–H groups in total. The molecule has 0 bridgehead atoms. The number of phenolic OH excluding ortho intramolecular Hbond substituents is 1. The van der Waals surface area contributed by atoms with Gasteiger partial charge in [0.1, 0.15) is 11.6 Å². The van der Waals surface area contributed by atoms with Crippen LogP contribution >= 0.6 is 11.6 Å². The Hall–Kier alpha value is -1.29. The van der Waals surface area contributed by atoms with Crippen molar-refractivity contribution in [2.75, 3.05) is 19.0 Å². The van der Waals surface area contributed by atoms with Gasteiger partial charge in [-0.2, -0.15) is 0 Å². The van der Waals surface area contributed by atoms with Gasteiger partial charge in [0, 0.05) is 19.0 Å². The number of rotatable bonds is 3. The summed E-state index contributed by atoms with van der Waals surface area (Å²) in [6, 6.07) is 3.43. The summed E-state index contributed by atoms with van der Waals surface area (Å²) in [5.74, 6) is -0.0266. The van der Waals surface area contributed by atoms with Crippen molar-refractivity contribution >= 4 is 17.5 Å². The Morgan fingerprint density at radius 3 is 3.05 bits per heavy atom. The van der Waals surface area contributed by atoms with Gasteiger partial charge in [-0.25, -0.2) is 4.39 Å². The van der Waals surface area contributed by atoms with Crippen molar-refractivity contribution < 1.29 is 14.3 Å². The highest BCUT2D eigenvalue weighted by atomic mass is 35.5. The van der Waals surface area contributed by atoms with Crippen molar-refractivity contribution in [1.29, 1.82) is 0 Å². The molecule has 2 rings (SSSR count). The SMILES string of the molecule is O=C(c1cc(F)ccc1O)N1CCCC(CCCl)C1. The van der Waals surface area contributed by atoms with Crippen LogP contribution in [0.25, 0.3) is 0 Å². The Bertz CT molecular complexity index is 465. The maximum atomic E-state index is 13.2. The number of carbonyl (C=O) groups excluding carboxylic acids is 1. The van der Waals surface area contributed by atoms with E-state index in [0.717, 1.165) is 31.4 Å². The van der Waals surface area contributed by atoms with Gasteiger partial charge in [-0.3, -0.25) is 4.79 Å². The van der Waals surface area contributed by atoms with E-state index < -0.39 is 5.82 Å². The summed E-state index contributed by atoms with van der Waals surface area (Å²) < 4.78 is 13.2. The molecule has 1 aliphatic rings. The third-order valence-electron chi connectivity index (χ3n) is 3.51. The van der Waals surface area contributed by atoms with E-state index >= 15 is 0 Å². The van der Waals surface area contributed by atoms with Gasteiger partial charge in [0.25, 0.3) is 5.91 Å². The fourth-order valence-electron chi connectivity index (χ4n) is 2.49. The number of piperidine rings is 1. The molecule has 1 aromatic carbocycles. The number of hydrogen-bond acceptors (Lipinski definition) is 2. The topological polar surface area (TPSA) is 40.5 Å². The zero-order chi connectivity index (χ0) is 13.8. The minimum atomic E-state index is -0.518. The zero-order valence-electron chi connectivity index (χ0n) is 10.6. The summed E-state index contributed by atoms with van der Waals surface area (Å²) in [6.45, 7) is 1.27. The fourth-order valence-corrected chi connectivity index (χ4v) is 2.80. The fraction of sp³-hybridized carbons (Fsp3) is 0.500. The highest BCUT2D eigenvalue weighted by Crippen LogP contribution is 2.25. The van der Waals surface area contributed by atoms with Crippen LogP contribution in [0.1, 0.15) is 29.6 Å². The van der Waals surface area contributed by atoms with Gasteiger partial charge in [-0.1, -0.05) is 0 Å². The second-order valence-corrected chi connectivity index (χ2v) is 5.28. The highest BCUT2D eigenvalue weighted by molar-refractivity contribution is 6.17. The van der Waals surface area contributed by atoms with Crippen molar-refractivity contribution in [2.45, 2.75) is 19.3 Å². The summed E-state index contributed by atoms with van der Waals surface area (Å²) in [5.41, 5.74) is 0.0338. The highest BCUT2D eigenvalue weighted by Gasteiger charge is 2.25. The molecule has 19 heavy (non-hydrogen) atoms. The van der Waals surface area contributed by atoms with Crippen molar-refractivity contribution in [3.63, 3.8) is 0 Å². The molecule has 104 valence electrons. The Morgan fingerprint density at radius 1 is 1.53 bits per heavy atom. The second kappa shape index (κ2) is 6.24. The maximum absolute atomic E-state index is 13.2. The number of nitrogens with zero attached hydrogens (tertiary/aromatic N) is 1. The molecule has 0 aliphatic carbocycles. The molecule has 0 radical (unpaired) electrons. The molecule has 1 aromatic rings. The molecule has 3 nitrogen and oxygen atoms in total. The number of phenols is 1. The van der Waals surface area contributed by atoms with Gasteiger partial charge in [-0.05, 0) is 43.4 Å². The summed E-state index contributed by atoms with van der Waals surface area (Å²) in [7, 11) is 0. The molecular formula is C14H17ClFNO2. The van der Waals surface area contributed by atoms with Gasteiger partial charge in [0.15, 0.2) is 0 Å². The van der Waals surface area contributed by atoms with Crippen LogP contribution in [0.3, 0.4) is 0 Å². The van der Waals surface area contributed by atoms with Crippen LogP contribution in [0.2, 0.25) is 0 Å². The molecule has 1 fully saturated rings. The van der Waals surface area contributed by atoms with Crippen LogP contribution in [-0.2, 0) is 0 Å². The van der Waals surface area contributed by atoms with Gasteiger partial charge in [0.05, 0.1) is 5.56 Å². The van der Waals surface area contributed by atoms with Gasteiger partial charge in [-0.15, -0.1) is 11.6 Å². The third-order valence-corrected chi connectivity index (χ3v) is 3.73. The van der Waals surface area contributed by atoms with E-state index in [1.807, 2.05) is 0 Å². The zero-order valence-corrected chi connectivity index (χ0v) is 11.4. The van der Waals surface area contributed by atoms with Crippen molar-refractivity contribution in [1.82, 2.24) is 4.90 Å². The lowest BCUT2D eigenvalue weighted by Crippen LogP contribution is -2.40.